The fourth-order valence-corrected chi connectivity index (χ4v) is 3.05. The van der Waals surface area contributed by atoms with Crippen LogP contribution in [0.1, 0.15) is 51.2 Å². The molecule has 3 heteroatoms. The van der Waals surface area contributed by atoms with Crippen molar-refractivity contribution in [2.75, 3.05) is 18.0 Å². The first kappa shape index (κ1) is 15.3. The summed E-state index contributed by atoms with van der Waals surface area (Å²) < 4.78 is 0. The van der Waals surface area contributed by atoms with E-state index in [0.29, 0.717) is 5.41 Å². The smallest absolute Gasteiger partial charge is 0.131 e. The van der Waals surface area contributed by atoms with Gasteiger partial charge in [0.25, 0.3) is 0 Å². The van der Waals surface area contributed by atoms with Crippen LogP contribution in [0.2, 0.25) is 0 Å². The van der Waals surface area contributed by atoms with E-state index in [1.54, 1.807) is 0 Å². The van der Waals surface area contributed by atoms with E-state index in [9.17, 15) is 0 Å². The molecule has 0 amide bonds. The van der Waals surface area contributed by atoms with Gasteiger partial charge in [-0.05, 0) is 49.7 Å². The molecule has 2 rings (SSSR count). The molecule has 0 aromatic carbocycles. The lowest BCUT2D eigenvalue weighted by molar-refractivity contribution is 0.237. The second-order valence-electron chi connectivity index (χ2n) is 6.82. The SMILES string of the molecule is CCC1(C)CCN(c2ncc(CC(C)N)cc2C)CC1. The molecule has 1 atom stereocenters. The quantitative estimate of drug-likeness (QED) is 0.917. The number of anilines is 1. The minimum Gasteiger partial charge on any atom is -0.356 e. The molecule has 1 unspecified atom stereocenters. The minimum atomic E-state index is 0.197. The van der Waals surface area contributed by atoms with Crippen LogP contribution in [0.5, 0.6) is 0 Å². The predicted octanol–water partition coefficient (Wildman–Crippen LogP) is 3.30. The number of hydrogen-bond acceptors (Lipinski definition) is 3. The van der Waals surface area contributed by atoms with Crippen LogP contribution in [0.4, 0.5) is 5.82 Å². The summed E-state index contributed by atoms with van der Waals surface area (Å²) in [5.41, 5.74) is 8.92. The van der Waals surface area contributed by atoms with E-state index in [0.717, 1.165) is 25.3 Å². The lowest BCUT2D eigenvalue weighted by atomic mass is 9.78. The van der Waals surface area contributed by atoms with Crippen LogP contribution in [0, 0.1) is 12.3 Å². The summed E-state index contributed by atoms with van der Waals surface area (Å²) in [6.07, 6.45) is 6.72. The maximum atomic E-state index is 5.86. The van der Waals surface area contributed by atoms with Gasteiger partial charge in [0.2, 0.25) is 0 Å². The molecule has 2 N–H and O–H groups in total. The van der Waals surface area contributed by atoms with Crippen molar-refractivity contribution in [3.8, 4) is 0 Å². The lowest BCUT2D eigenvalue weighted by Crippen LogP contribution is -2.39. The van der Waals surface area contributed by atoms with Crippen molar-refractivity contribution in [3.05, 3.63) is 23.4 Å². The van der Waals surface area contributed by atoms with Crippen LogP contribution >= 0.6 is 0 Å². The Hall–Kier alpha value is -1.09. The zero-order chi connectivity index (χ0) is 14.8. The number of rotatable bonds is 4. The predicted molar refractivity (Wildman–Crippen MR) is 86.2 cm³/mol. The molecule has 0 saturated carbocycles. The molecule has 1 aromatic heterocycles. The molecule has 1 fully saturated rings. The molecule has 0 bridgehead atoms. The van der Waals surface area contributed by atoms with E-state index in [2.05, 4.69) is 31.7 Å². The van der Waals surface area contributed by atoms with Crippen LogP contribution in [0.3, 0.4) is 0 Å². The van der Waals surface area contributed by atoms with Gasteiger partial charge in [0.15, 0.2) is 0 Å². The largest absolute Gasteiger partial charge is 0.356 e. The fourth-order valence-electron chi connectivity index (χ4n) is 3.05. The first-order valence-corrected chi connectivity index (χ1v) is 7.89. The van der Waals surface area contributed by atoms with Crippen molar-refractivity contribution in [2.24, 2.45) is 11.1 Å². The Labute approximate surface area is 123 Å². The normalized spacial score (nSPS) is 19.9. The molecule has 1 aromatic rings. The zero-order valence-corrected chi connectivity index (χ0v) is 13.4. The number of aryl methyl sites for hydroxylation is 1. The van der Waals surface area contributed by atoms with Gasteiger partial charge in [-0.3, -0.25) is 0 Å². The lowest BCUT2D eigenvalue weighted by Gasteiger charge is -2.40. The van der Waals surface area contributed by atoms with Gasteiger partial charge >= 0.3 is 0 Å². The molecule has 20 heavy (non-hydrogen) atoms. The highest BCUT2D eigenvalue weighted by Gasteiger charge is 2.29. The summed E-state index contributed by atoms with van der Waals surface area (Å²) >= 11 is 0. The Morgan fingerprint density at radius 1 is 1.40 bits per heavy atom. The van der Waals surface area contributed by atoms with E-state index in [4.69, 9.17) is 10.7 Å². The number of piperidine rings is 1. The fraction of sp³-hybridized carbons (Fsp3) is 0.706. The van der Waals surface area contributed by atoms with Gasteiger partial charge in [-0.1, -0.05) is 26.3 Å². The average Bonchev–Trinajstić information content (AvgIpc) is 2.40. The standard InChI is InChI=1S/C17H29N3/c1-5-17(4)6-8-20(9-7-17)16-13(2)10-15(12-19-16)11-14(3)18/h10,12,14H,5-9,11,18H2,1-4H3. The van der Waals surface area contributed by atoms with Gasteiger partial charge in [-0.15, -0.1) is 0 Å². The van der Waals surface area contributed by atoms with Gasteiger partial charge < -0.3 is 10.6 Å². The molecule has 1 aliphatic rings. The number of aromatic nitrogens is 1. The molecule has 112 valence electrons. The third-order valence-corrected chi connectivity index (χ3v) is 4.79. The Morgan fingerprint density at radius 2 is 2.05 bits per heavy atom. The van der Waals surface area contributed by atoms with Gasteiger partial charge in [0, 0.05) is 25.3 Å². The maximum absolute atomic E-state index is 5.86. The van der Waals surface area contributed by atoms with Crippen LogP contribution in [-0.2, 0) is 6.42 Å². The highest BCUT2D eigenvalue weighted by molar-refractivity contribution is 5.48. The van der Waals surface area contributed by atoms with E-state index >= 15 is 0 Å². The van der Waals surface area contributed by atoms with Gasteiger partial charge in [-0.2, -0.15) is 0 Å². The van der Waals surface area contributed by atoms with Crippen molar-refractivity contribution in [2.45, 2.75) is 59.4 Å². The molecule has 2 heterocycles. The molecule has 0 radical (unpaired) electrons. The molecule has 0 aliphatic carbocycles. The van der Waals surface area contributed by atoms with Crippen molar-refractivity contribution < 1.29 is 0 Å². The monoisotopic (exact) mass is 275 g/mol. The maximum Gasteiger partial charge on any atom is 0.131 e. The number of nitrogens with two attached hydrogens (primary N) is 1. The summed E-state index contributed by atoms with van der Waals surface area (Å²) in [6, 6.07) is 2.45. The molecule has 3 nitrogen and oxygen atoms in total. The van der Waals surface area contributed by atoms with E-state index in [-0.39, 0.29) is 6.04 Å². The summed E-state index contributed by atoms with van der Waals surface area (Å²) in [5, 5.41) is 0. The van der Waals surface area contributed by atoms with Gasteiger partial charge in [0.1, 0.15) is 5.82 Å². The van der Waals surface area contributed by atoms with E-state index in [1.807, 2.05) is 13.1 Å². The van der Waals surface area contributed by atoms with E-state index < -0.39 is 0 Å². The molecular formula is C17H29N3. The molecular weight excluding hydrogens is 246 g/mol. The van der Waals surface area contributed by atoms with Crippen LogP contribution in [-0.4, -0.2) is 24.1 Å². The summed E-state index contributed by atoms with van der Waals surface area (Å²) in [6.45, 7) is 11.2. The third-order valence-electron chi connectivity index (χ3n) is 4.79. The number of nitrogens with zero attached hydrogens (tertiary/aromatic N) is 2. The zero-order valence-electron chi connectivity index (χ0n) is 13.4. The Bertz CT molecular complexity index is 446. The van der Waals surface area contributed by atoms with E-state index in [1.165, 1.54) is 30.4 Å². The number of hydrogen-bond donors (Lipinski definition) is 1. The minimum absolute atomic E-state index is 0.197. The second-order valence-corrected chi connectivity index (χ2v) is 6.82. The van der Waals surface area contributed by atoms with Crippen LogP contribution in [0.15, 0.2) is 12.3 Å². The molecule has 0 spiro atoms. The van der Waals surface area contributed by atoms with Crippen molar-refractivity contribution >= 4 is 5.82 Å². The first-order valence-electron chi connectivity index (χ1n) is 7.89. The number of pyridine rings is 1. The van der Waals surface area contributed by atoms with Crippen molar-refractivity contribution in [1.82, 2.24) is 4.98 Å². The second kappa shape index (κ2) is 6.13. The Kier molecular flexibility index (Phi) is 4.69. The molecule has 1 saturated heterocycles. The topological polar surface area (TPSA) is 42.2 Å². The molecule has 1 aliphatic heterocycles. The van der Waals surface area contributed by atoms with Gasteiger partial charge in [-0.25, -0.2) is 4.98 Å². The highest BCUT2D eigenvalue weighted by Crippen LogP contribution is 2.35. The first-order chi connectivity index (χ1) is 9.43. The Morgan fingerprint density at radius 3 is 2.55 bits per heavy atom. The average molecular weight is 275 g/mol. The Balaban J connectivity index is 2.07. The van der Waals surface area contributed by atoms with Crippen LogP contribution in [0.25, 0.3) is 0 Å². The van der Waals surface area contributed by atoms with Crippen molar-refractivity contribution in [1.29, 1.82) is 0 Å². The van der Waals surface area contributed by atoms with Crippen LogP contribution < -0.4 is 10.6 Å². The van der Waals surface area contributed by atoms with Gasteiger partial charge in [0.05, 0.1) is 0 Å². The summed E-state index contributed by atoms with van der Waals surface area (Å²) in [7, 11) is 0. The summed E-state index contributed by atoms with van der Waals surface area (Å²) in [4.78, 5) is 7.15. The third kappa shape index (κ3) is 3.51. The highest BCUT2D eigenvalue weighted by atomic mass is 15.2. The summed E-state index contributed by atoms with van der Waals surface area (Å²) in [5.74, 6) is 1.16. The van der Waals surface area contributed by atoms with Crippen molar-refractivity contribution in [3.63, 3.8) is 0 Å².